The average molecular weight is 335 g/mol. The van der Waals surface area contributed by atoms with Crippen molar-refractivity contribution in [1.29, 1.82) is 0 Å². The summed E-state index contributed by atoms with van der Waals surface area (Å²) in [6.07, 6.45) is 4.16. The van der Waals surface area contributed by atoms with Crippen LogP contribution in [0.3, 0.4) is 0 Å². The maximum atomic E-state index is 12.1. The van der Waals surface area contributed by atoms with E-state index in [2.05, 4.69) is 18.7 Å². The quantitative estimate of drug-likeness (QED) is 0.739. The van der Waals surface area contributed by atoms with Gasteiger partial charge in [0.1, 0.15) is 12.4 Å². The van der Waals surface area contributed by atoms with Crippen LogP contribution in [0.1, 0.15) is 11.1 Å². The Morgan fingerprint density at radius 3 is 2.64 bits per heavy atom. The summed E-state index contributed by atoms with van der Waals surface area (Å²) in [6.45, 7) is 4.42. The highest BCUT2D eigenvalue weighted by molar-refractivity contribution is 5.74. The molecule has 25 heavy (non-hydrogen) atoms. The molecule has 4 nitrogen and oxygen atoms in total. The van der Waals surface area contributed by atoms with E-state index in [-0.39, 0.29) is 12.1 Å². The van der Waals surface area contributed by atoms with Crippen LogP contribution in [0.4, 0.5) is 4.79 Å². The molecular weight excluding hydrogens is 314 g/mol. The molecule has 1 aliphatic rings. The summed E-state index contributed by atoms with van der Waals surface area (Å²) in [5, 5.41) is 0. The number of carbonyl (C=O) groups excluding carboxylic acids is 1. The molecule has 0 saturated carbocycles. The van der Waals surface area contributed by atoms with Crippen molar-refractivity contribution in [3.63, 3.8) is 0 Å². The van der Waals surface area contributed by atoms with Gasteiger partial charge < -0.3 is 9.47 Å². The lowest BCUT2D eigenvalue weighted by Crippen LogP contribution is -2.33. The fourth-order valence-corrected chi connectivity index (χ4v) is 2.84. The lowest BCUT2D eigenvalue weighted by atomic mass is 10.1. The van der Waals surface area contributed by atoms with Gasteiger partial charge in [-0.3, -0.25) is 4.90 Å². The maximum absolute atomic E-state index is 12.1. The van der Waals surface area contributed by atoms with Crippen LogP contribution in [0.2, 0.25) is 0 Å². The highest BCUT2D eigenvalue weighted by Gasteiger charge is 2.34. The molecule has 0 radical (unpaired) electrons. The number of nitrogens with zero attached hydrogens (tertiary/aromatic N) is 1. The van der Waals surface area contributed by atoms with E-state index in [4.69, 9.17) is 9.47 Å². The van der Waals surface area contributed by atoms with Gasteiger partial charge in [-0.25, -0.2) is 4.79 Å². The predicted molar refractivity (Wildman–Crippen MR) is 98.3 cm³/mol. The Hall–Kier alpha value is -3.01. The molecule has 1 saturated heterocycles. The van der Waals surface area contributed by atoms with Crippen LogP contribution in [0.5, 0.6) is 5.75 Å². The van der Waals surface area contributed by atoms with Crippen molar-refractivity contribution in [2.24, 2.45) is 0 Å². The molecule has 1 atom stereocenters. The van der Waals surface area contributed by atoms with Gasteiger partial charge in [-0.1, -0.05) is 55.1 Å². The molecule has 4 heteroatoms. The zero-order valence-corrected chi connectivity index (χ0v) is 14.2. The molecule has 0 N–H and O–H groups in total. The molecule has 0 unspecified atom stereocenters. The molecule has 0 bridgehead atoms. The van der Waals surface area contributed by atoms with Gasteiger partial charge in [-0.2, -0.15) is 0 Å². The molecule has 0 aliphatic carbocycles. The zero-order chi connectivity index (χ0) is 17.6. The van der Waals surface area contributed by atoms with Gasteiger partial charge in [0.25, 0.3) is 0 Å². The summed E-state index contributed by atoms with van der Waals surface area (Å²) in [6, 6.07) is 17.7. The van der Waals surface area contributed by atoms with Crippen molar-refractivity contribution >= 4 is 12.2 Å². The Kier molecular flexibility index (Phi) is 5.19. The second kappa shape index (κ2) is 7.71. The Balaban J connectivity index is 1.69. The van der Waals surface area contributed by atoms with E-state index < -0.39 is 0 Å². The van der Waals surface area contributed by atoms with E-state index in [9.17, 15) is 4.79 Å². The molecule has 128 valence electrons. The minimum atomic E-state index is -0.342. The van der Waals surface area contributed by atoms with Crippen LogP contribution in [0.15, 0.2) is 72.9 Å². The van der Waals surface area contributed by atoms with Gasteiger partial charge in [0.05, 0.1) is 13.2 Å². The molecule has 1 heterocycles. The van der Waals surface area contributed by atoms with Gasteiger partial charge in [-0.15, -0.1) is 0 Å². The first kappa shape index (κ1) is 16.8. The van der Waals surface area contributed by atoms with E-state index >= 15 is 0 Å². The second-order valence-electron chi connectivity index (χ2n) is 5.89. The number of carbonyl (C=O) groups is 1. The normalized spacial score (nSPS) is 16.9. The van der Waals surface area contributed by atoms with Crippen LogP contribution in [-0.2, 0) is 11.2 Å². The molecular formula is C21H21NO3. The molecule has 3 rings (SSSR count). The Labute approximate surface area is 148 Å². The number of methoxy groups -OCH3 is 1. The molecule has 0 spiro atoms. The van der Waals surface area contributed by atoms with Gasteiger partial charge in [-0.05, 0) is 35.8 Å². The van der Waals surface area contributed by atoms with Crippen LogP contribution in [0, 0.1) is 0 Å². The van der Waals surface area contributed by atoms with E-state index in [1.165, 1.54) is 5.56 Å². The van der Waals surface area contributed by atoms with Crippen molar-refractivity contribution in [2.45, 2.75) is 12.5 Å². The summed E-state index contributed by atoms with van der Waals surface area (Å²) >= 11 is 0. The summed E-state index contributed by atoms with van der Waals surface area (Å²) in [5.74, 6) is 0.807. The zero-order valence-electron chi connectivity index (χ0n) is 14.2. The minimum absolute atomic E-state index is 0.0390. The number of rotatable bonds is 6. The van der Waals surface area contributed by atoms with Gasteiger partial charge >= 0.3 is 6.09 Å². The van der Waals surface area contributed by atoms with Crippen LogP contribution in [-0.4, -0.2) is 30.8 Å². The van der Waals surface area contributed by atoms with Gasteiger partial charge in [0.15, 0.2) is 0 Å². The summed E-state index contributed by atoms with van der Waals surface area (Å²) < 4.78 is 10.4. The molecule has 1 aliphatic heterocycles. The van der Waals surface area contributed by atoms with E-state index in [1.54, 1.807) is 12.0 Å². The first-order valence-electron chi connectivity index (χ1n) is 8.18. The molecule has 0 aromatic heterocycles. The highest BCUT2D eigenvalue weighted by Crippen LogP contribution is 2.23. The standard InChI is InChI=1S/C21H21NO3/c1-16(8-9-17-10-12-20(24-2)13-11-17)22-19(15-25-21(22)23)14-18-6-4-3-5-7-18/h3-13,19H,1,14-15H2,2H3/b9-8+/t19-/m0/s1. The number of allylic oxidation sites excluding steroid dienone is 1. The number of cyclic esters (lactones) is 1. The van der Waals surface area contributed by atoms with Crippen LogP contribution in [0.25, 0.3) is 6.08 Å². The largest absolute Gasteiger partial charge is 0.497 e. The highest BCUT2D eigenvalue weighted by atomic mass is 16.6. The third kappa shape index (κ3) is 4.10. The number of hydrogen-bond acceptors (Lipinski definition) is 3. The number of benzene rings is 2. The minimum Gasteiger partial charge on any atom is -0.497 e. The summed E-state index contributed by atoms with van der Waals surface area (Å²) in [4.78, 5) is 13.7. The SMILES string of the molecule is C=C(/C=C/c1ccc(OC)cc1)N1C(=O)OC[C@@H]1Cc1ccccc1. The average Bonchev–Trinajstić information content (AvgIpc) is 3.01. The topological polar surface area (TPSA) is 38.8 Å². The monoisotopic (exact) mass is 335 g/mol. The molecule has 1 fully saturated rings. The van der Waals surface area contributed by atoms with Crippen molar-refractivity contribution in [3.05, 3.63) is 84.1 Å². The number of ether oxygens (including phenoxy) is 2. The Morgan fingerprint density at radius 1 is 1.24 bits per heavy atom. The van der Waals surface area contributed by atoms with Crippen molar-refractivity contribution in [3.8, 4) is 5.75 Å². The first-order chi connectivity index (χ1) is 12.2. The van der Waals surface area contributed by atoms with E-state index in [1.807, 2.05) is 54.6 Å². The molecule has 2 aromatic carbocycles. The predicted octanol–water partition coefficient (Wildman–Crippen LogP) is 4.29. The van der Waals surface area contributed by atoms with E-state index in [0.717, 1.165) is 17.7 Å². The van der Waals surface area contributed by atoms with E-state index in [0.29, 0.717) is 12.3 Å². The van der Waals surface area contributed by atoms with Crippen LogP contribution < -0.4 is 4.74 Å². The lowest BCUT2D eigenvalue weighted by molar-refractivity contribution is 0.165. The van der Waals surface area contributed by atoms with Crippen molar-refractivity contribution in [1.82, 2.24) is 4.90 Å². The fraction of sp³-hybridized carbons (Fsp3) is 0.190. The molecule has 2 aromatic rings. The van der Waals surface area contributed by atoms with Crippen molar-refractivity contribution in [2.75, 3.05) is 13.7 Å². The number of hydrogen-bond donors (Lipinski definition) is 0. The first-order valence-corrected chi connectivity index (χ1v) is 8.18. The fourth-order valence-electron chi connectivity index (χ4n) is 2.84. The van der Waals surface area contributed by atoms with Gasteiger partial charge in [0, 0.05) is 5.70 Å². The summed E-state index contributed by atoms with van der Waals surface area (Å²) in [7, 11) is 1.64. The Morgan fingerprint density at radius 2 is 1.96 bits per heavy atom. The lowest BCUT2D eigenvalue weighted by Gasteiger charge is -2.21. The van der Waals surface area contributed by atoms with Gasteiger partial charge in [0.2, 0.25) is 0 Å². The number of amides is 1. The summed E-state index contributed by atoms with van der Waals surface area (Å²) in [5.41, 5.74) is 2.80. The smallest absolute Gasteiger partial charge is 0.414 e. The van der Waals surface area contributed by atoms with Crippen LogP contribution >= 0.6 is 0 Å². The molecule has 1 amide bonds. The second-order valence-corrected chi connectivity index (χ2v) is 5.89. The third-order valence-electron chi connectivity index (χ3n) is 4.17. The Bertz CT molecular complexity index is 765. The maximum Gasteiger partial charge on any atom is 0.414 e. The third-order valence-corrected chi connectivity index (χ3v) is 4.17. The van der Waals surface area contributed by atoms with Crippen molar-refractivity contribution < 1.29 is 14.3 Å².